The molecule has 0 aromatic rings. The highest BCUT2D eigenvalue weighted by atomic mass is 15.1. The van der Waals surface area contributed by atoms with Crippen LogP contribution < -0.4 is 0 Å². The molecule has 1 heteroatoms. The van der Waals surface area contributed by atoms with Crippen molar-refractivity contribution in [2.24, 2.45) is 11.3 Å². The van der Waals surface area contributed by atoms with Gasteiger partial charge in [0.2, 0.25) is 0 Å². The van der Waals surface area contributed by atoms with Crippen molar-refractivity contribution in [2.75, 3.05) is 19.6 Å². The summed E-state index contributed by atoms with van der Waals surface area (Å²) in [4.78, 5) is 2.55. The van der Waals surface area contributed by atoms with Gasteiger partial charge in [-0.25, -0.2) is 0 Å². The molecule has 13 heavy (non-hydrogen) atoms. The van der Waals surface area contributed by atoms with Crippen molar-refractivity contribution in [2.45, 2.75) is 48.0 Å². The van der Waals surface area contributed by atoms with Gasteiger partial charge in [-0.3, -0.25) is 0 Å². The molecule has 0 amide bonds. The Bertz CT molecular complexity index is 124. The molecule has 0 bridgehead atoms. The predicted molar refractivity (Wildman–Crippen MR) is 61.0 cm³/mol. The first-order valence-electron chi connectivity index (χ1n) is 5.76. The highest BCUT2D eigenvalue weighted by Gasteiger charge is 2.30. The van der Waals surface area contributed by atoms with E-state index in [1.54, 1.807) is 0 Å². The first-order chi connectivity index (χ1) is 6.04. The second-order valence-electron chi connectivity index (χ2n) is 4.74. The lowest BCUT2D eigenvalue weighted by atomic mass is 9.80. The first-order valence-corrected chi connectivity index (χ1v) is 5.76. The SMILES string of the molecule is CC.CCN1CCC(C(C)(C)C)C1. The van der Waals surface area contributed by atoms with Crippen LogP contribution >= 0.6 is 0 Å². The maximum atomic E-state index is 2.55. The second-order valence-corrected chi connectivity index (χ2v) is 4.74. The van der Waals surface area contributed by atoms with Gasteiger partial charge in [0, 0.05) is 6.54 Å². The van der Waals surface area contributed by atoms with Crippen LogP contribution in [0.3, 0.4) is 0 Å². The second kappa shape index (κ2) is 5.64. The molecule has 1 unspecified atom stereocenters. The van der Waals surface area contributed by atoms with Gasteiger partial charge in [0.1, 0.15) is 0 Å². The molecule has 0 radical (unpaired) electrons. The molecule has 1 fully saturated rings. The summed E-state index contributed by atoms with van der Waals surface area (Å²) in [6.45, 7) is 17.2. The molecular weight excluding hydrogens is 158 g/mol. The van der Waals surface area contributed by atoms with Crippen LogP contribution in [0.2, 0.25) is 0 Å². The summed E-state index contributed by atoms with van der Waals surface area (Å²) >= 11 is 0. The Morgan fingerprint density at radius 3 is 2.00 bits per heavy atom. The minimum atomic E-state index is 0.518. The molecule has 0 saturated carbocycles. The highest BCUT2D eigenvalue weighted by Crippen LogP contribution is 2.33. The van der Waals surface area contributed by atoms with E-state index >= 15 is 0 Å². The van der Waals surface area contributed by atoms with Gasteiger partial charge in [0.25, 0.3) is 0 Å². The fourth-order valence-corrected chi connectivity index (χ4v) is 1.83. The fraction of sp³-hybridized carbons (Fsp3) is 1.00. The Hall–Kier alpha value is -0.0400. The molecule has 1 saturated heterocycles. The van der Waals surface area contributed by atoms with Crippen LogP contribution in [0.25, 0.3) is 0 Å². The van der Waals surface area contributed by atoms with Gasteiger partial charge in [0.15, 0.2) is 0 Å². The third kappa shape index (κ3) is 4.12. The van der Waals surface area contributed by atoms with Gasteiger partial charge in [-0.1, -0.05) is 41.5 Å². The molecule has 1 nitrogen and oxygen atoms in total. The molecule has 0 aliphatic carbocycles. The molecular formula is C12H27N. The van der Waals surface area contributed by atoms with E-state index < -0.39 is 0 Å². The van der Waals surface area contributed by atoms with Crippen molar-refractivity contribution in [3.63, 3.8) is 0 Å². The summed E-state index contributed by atoms with van der Waals surface area (Å²) in [6.07, 6.45) is 1.40. The molecule has 1 atom stereocenters. The predicted octanol–water partition coefficient (Wildman–Crippen LogP) is 3.40. The van der Waals surface area contributed by atoms with Crippen LogP contribution in [0.4, 0.5) is 0 Å². The monoisotopic (exact) mass is 185 g/mol. The van der Waals surface area contributed by atoms with Gasteiger partial charge < -0.3 is 4.90 Å². The van der Waals surface area contributed by atoms with E-state index in [1.165, 1.54) is 26.1 Å². The van der Waals surface area contributed by atoms with E-state index in [0.29, 0.717) is 5.41 Å². The topological polar surface area (TPSA) is 3.24 Å². The van der Waals surface area contributed by atoms with Crippen molar-refractivity contribution in [3.05, 3.63) is 0 Å². The summed E-state index contributed by atoms with van der Waals surface area (Å²) in [5.41, 5.74) is 0.518. The van der Waals surface area contributed by atoms with E-state index in [4.69, 9.17) is 0 Å². The maximum absolute atomic E-state index is 2.55. The van der Waals surface area contributed by atoms with E-state index in [0.717, 1.165) is 5.92 Å². The third-order valence-electron chi connectivity index (χ3n) is 2.94. The van der Waals surface area contributed by atoms with Gasteiger partial charge in [-0.2, -0.15) is 0 Å². The standard InChI is InChI=1S/C10H21N.C2H6/c1-5-11-7-6-9(8-11)10(2,3)4;1-2/h9H,5-8H2,1-4H3;1-2H3. The Morgan fingerprint density at radius 1 is 1.23 bits per heavy atom. The Labute approximate surface area is 84.5 Å². The van der Waals surface area contributed by atoms with E-state index in [-0.39, 0.29) is 0 Å². The summed E-state index contributed by atoms with van der Waals surface area (Å²) in [6, 6.07) is 0. The van der Waals surface area contributed by atoms with Crippen LogP contribution in [0.1, 0.15) is 48.0 Å². The average molecular weight is 185 g/mol. The highest BCUT2D eigenvalue weighted by molar-refractivity contribution is 4.83. The molecule has 80 valence electrons. The molecule has 1 rings (SSSR count). The quantitative estimate of drug-likeness (QED) is 0.605. The number of likely N-dealkylation sites (tertiary alicyclic amines) is 1. The van der Waals surface area contributed by atoms with Crippen LogP contribution in [-0.2, 0) is 0 Å². The lowest BCUT2D eigenvalue weighted by molar-refractivity contribution is 0.233. The van der Waals surface area contributed by atoms with Crippen molar-refractivity contribution < 1.29 is 0 Å². The molecule has 1 aliphatic rings. The normalized spacial score (nSPS) is 24.0. The molecule has 0 aromatic carbocycles. The van der Waals surface area contributed by atoms with Crippen LogP contribution in [-0.4, -0.2) is 24.5 Å². The van der Waals surface area contributed by atoms with Crippen LogP contribution in [0.15, 0.2) is 0 Å². The van der Waals surface area contributed by atoms with E-state index in [2.05, 4.69) is 32.6 Å². The van der Waals surface area contributed by atoms with Crippen molar-refractivity contribution in [1.82, 2.24) is 4.90 Å². The van der Waals surface area contributed by atoms with E-state index in [1.807, 2.05) is 13.8 Å². The molecule has 0 N–H and O–H groups in total. The summed E-state index contributed by atoms with van der Waals surface area (Å²) in [5.74, 6) is 0.919. The average Bonchev–Trinajstić information content (AvgIpc) is 2.54. The maximum Gasteiger partial charge on any atom is 0.00150 e. The van der Waals surface area contributed by atoms with Crippen LogP contribution in [0, 0.1) is 11.3 Å². The minimum absolute atomic E-state index is 0.518. The van der Waals surface area contributed by atoms with Crippen molar-refractivity contribution >= 4 is 0 Å². The van der Waals surface area contributed by atoms with Gasteiger partial charge >= 0.3 is 0 Å². The van der Waals surface area contributed by atoms with E-state index in [9.17, 15) is 0 Å². The Kier molecular flexibility index (Phi) is 5.62. The third-order valence-corrected chi connectivity index (χ3v) is 2.94. The lowest BCUT2D eigenvalue weighted by Crippen LogP contribution is -2.25. The number of rotatable bonds is 1. The Balaban J connectivity index is 0.000000671. The zero-order valence-electron chi connectivity index (χ0n) is 10.4. The summed E-state index contributed by atoms with van der Waals surface area (Å²) in [7, 11) is 0. The van der Waals surface area contributed by atoms with Gasteiger partial charge in [-0.05, 0) is 30.8 Å². The zero-order valence-corrected chi connectivity index (χ0v) is 10.4. The number of hydrogen-bond acceptors (Lipinski definition) is 1. The molecule has 0 aromatic heterocycles. The van der Waals surface area contributed by atoms with Gasteiger partial charge in [0.05, 0.1) is 0 Å². The Morgan fingerprint density at radius 2 is 1.77 bits per heavy atom. The van der Waals surface area contributed by atoms with Crippen molar-refractivity contribution in [1.29, 1.82) is 0 Å². The smallest absolute Gasteiger partial charge is 0.00150 e. The summed E-state index contributed by atoms with van der Waals surface area (Å²) in [5, 5.41) is 0. The zero-order chi connectivity index (χ0) is 10.5. The largest absolute Gasteiger partial charge is 0.303 e. The lowest BCUT2D eigenvalue weighted by Gasteiger charge is -2.26. The van der Waals surface area contributed by atoms with Crippen LogP contribution in [0.5, 0.6) is 0 Å². The molecule has 0 spiro atoms. The molecule has 1 aliphatic heterocycles. The number of nitrogens with zero attached hydrogens (tertiary/aromatic N) is 1. The summed E-state index contributed by atoms with van der Waals surface area (Å²) < 4.78 is 0. The molecule has 1 heterocycles. The fourth-order valence-electron chi connectivity index (χ4n) is 1.83. The number of hydrogen-bond donors (Lipinski definition) is 0. The van der Waals surface area contributed by atoms with Gasteiger partial charge in [-0.15, -0.1) is 0 Å². The first kappa shape index (κ1) is 13.0. The van der Waals surface area contributed by atoms with Crippen molar-refractivity contribution in [3.8, 4) is 0 Å². The minimum Gasteiger partial charge on any atom is -0.303 e.